The monoisotopic (exact) mass is 270 g/mol. The minimum Gasteiger partial charge on any atom is -0.372 e. The van der Waals surface area contributed by atoms with Crippen LogP contribution in [0.2, 0.25) is 0 Å². The van der Waals surface area contributed by atoms with E-state index in [1.165, 1.54) is 32.2 Å². The highest BCUT2D eigenvalue weighted by Gasteiger charge is 2.26. The molecule has 2 atom stereocenters. The fraction of sp³-hybridized carbons (Fsp3) is 1.00. The van der Waals surface area contributed by atoms with Gasteiger partial charge in [0, 0.05) is 13.1 Å². The number of nitrogens with one attached hydrogen (secondary N) is 1. The summed E-state index contributed by atoms with van der Waals surface area (Å²) in [5.41, 5.74) is 0. The Labute approximate surface area is 120 Å². The van der Waals surface area contributed by atoms with E-state index in [0.717, 1.165) is 32.1 Å². The Kier molecular flexibility index (Phi) is 8.67. The van der Waals surface area contributed by atoms with Crippen LogP contribution in [0.5, 0.6) is 0 Å². The van der Waals surface area contributed by atoms with Gasteiger partial charge < -0.3 is 15.0 Å². The van der Waals surface area contributed by atoms with Gasteiger partial charge in [0.25, 0.3) is 0 Å². The molecule has 1 N–H and O–H groups in total. The molecule has 1 saturated heterocycles. The second kappa shape index (κ2) is 9.73. The minimum absolute atomic E-state index is 0.439. The number of nitrogens with zero attached hydrogens (tertiary/aromatic N) is 1. The lowest BCUT2D eigenvalue weighted by Crippen LogP contribution is -2.35. The van der Waals surface area contributed by atoms with Gasteiger partial charge in [-0.15, -0.1) is 0 Å². The summed E-state index contributed by atoms with van der Waals surface area (Å²) < 4.78 is 6.15. The SMILES string of the molecule is CCCCN(CC)CC1CCC(CNCC(C)C)O1. The summed E-state index contributed by atoms with van der Waals surface area (Å²) in [5, 5.41) is 3.51. The summed E-state index contributed by atoms with van der Waals surface area (Å²) >= 11 is 0. The molecule has 3 heteroatoms. The van der Waals surface area contributed by atoms with E-state index < -0.39 is 0 Å². The number of unbranched alkanes of at least 4 members (excludes halogenated alkanes) is 1. The van der Waals surface area contributed by atoms with Gasteiger partial charge in [0.05, 0.1) is 12.2 Å². The number of hydrogen-bond acceptors (Lipinski definition) is 3. The molecule has 0 aromatic rings. The van der Waals surface area contributed by atoms with E-state index in [9.17, 15) is 0 Å². The largest absolute Gasteiger partial charge is 0.372 e. The lowest BCUT2D eigenvalue weighted by molar-refractivity contribution is 0.0238. The third-order valence-electron chi connectivity index (χ3n) is 3.86. The molecule has 0 aromatic carbocycles. The summed E-state index contributed by atoms with van der Waals surface area (Å²) in [5.74, 6) is 0.724. The van der Waals surface area contributed by atoms with Crippen LogP contribution in [0.25, 0.3) is 0 Å². The maximum atomic E-state index is 6.15. The van der Waals surface area contributed by atoms with E-state index >= 15 is 0 Å². The molecule has 1 fully saturated rings. The maximum absolute atomic E-state index is 6.15. The second-order valence-electron chi connectivity index (χ2n) is 6.26. The molecule has 114 valence electrons. The molecule has 1 aliphatic heterocycles. The van der Waals surface area contributed by atoms with Crippen LogP contribution < -0.4 is 5.32 Å². The Morgan fingerprint density at radius 1 is 1.21 bits per heavy atom. The van der Waals surface area contributed by atoms with E-state index in [-0.39, 0.29) is 0 Å². The molecule has 0 bridgehead atoms. The van der Waals surface area contributed by atoms with Gasteiger partial charge in [-0.2, -0.15) is 0 Å². The van der Waals surface area contributed by atoms with Crippen molar-refractivity contribution in [2.75, 3.05) is 32.7 Å². The molecule has 3 nitrogen and oxygen atoms in total. The fourth-order valence-corrected chi connectivity index (χ4v) is 2.65. The molecule has 0 radical (unpaired) electrons. The smallest absolute Gasteiger partial charge is 0.0707 e. The standard InChI is InChI=1S/C16H34N2O/c1-5-7-10-18(6-2)13-16-9-8-15(19-16)12-17-11-14(3)4/h14-17H,5-13H2,1-4H3. The maximum Gasteiger partial charge on any atom is 0.0707 e. The second-order valence-corrected chi connectivity index (χ2v) is 6.26. The lowest BCUT2D eigenvalue weighted by atomic mass is 10.1. The zero-order valence-electron chi connectivity index (χ0n) is 13.5. The van der Waals surface area contributed by atoms with Crippen molar-refractivity contribution in [1.82, 2.24) is 10.2 Å². The van der Waals surface area contributed by atoms with Crippen LogP contribution >= 0.6 is 0 Å². The van der Waals surface area contributed by atoms with Gasteiger partial charge in [-0.05, 0) is 44.8 Å². The quantitative estimate of drug-likeness (QED) is 0.660. The first-order valence-electron chi connectivity index (χ1n) is 8.24. The van der Waals surface area contributed by atoms with Crippen LogP contribution in [-0.4, -0.2) is 49.8 Å². The first-order chi connectivity index (χ1) is 9.15. The molecule has 0 amide bonds. The third-order valence-corrected chi connectivity index (χ3v) is 3.86. The number of likely N-dealkylation sites (N-methyl/N-ethyl adjacent to an activating group) is 1. The molecule has 19 heavy (non-hydrogen) atoms. The van der Waals surface area contributed by atoms with Gasteiger partial charge in [0.15, 0.2) is 0 Å². The zero-order valence-corrected chi connectivity index (χ0v) is 13.5. The van der Waals surface area contributed by atoms with Crippen molar-refractivity contribution in [2.24, 2.45) is 5.92 Å². The highest BCUT2D eigenvalue weighted by molar-refractivity contribution is 4.78. The normalized spacial score (nSPS) is 23.7. The average molecular weight is 270 g/mol. The molecule has 1 heterocycles. The molecule has 2 unspecified atom stereocenters. The van der Waals surface area contributed by atoms with Crippen LogP contribution in [0.3, 0.4) is 0 Å². The topological polar surface area (TPSA) is 24.5 Å². The Hall–Kier alpha value is -0.120. The molecular formula is C16H34N2O. The summed E-state index contributed by atoms with van der Waals surface area (Å²) in [4.78, 5) is 2.54. The van der Waals surface area contributed by atoms with Gasteiger partial charge in [-0.3, -0.25) is 0 Å². The number of rotatable bonds is 10. The van der Waals surface area contributed by atoms with Crippen LogP contribution in [0, 0.1) is 5.92 Å². The van der Waals surface area contributed by atoms with Crippen molar-refractivity contribution in [3.05, 3.63) is 0 Å². The molecule has 0 spiro atoms. The highest BCUT2D eigenvalue weighted by Crippen LogP contribution is 2.20. The van der Waals surface area contributed by atoms with E-state index in [2.05, 4.69) is 37.9 Å². The molecule has 1 aliphatic rings. The third kappa shape index (κ3) is 7.28. The van der Waals surface area contributed by atoms with Gasteiger partial charge in [-0.1, -0.05) is 34.1 Å². The Bertz CT molecular complexity index is 221. The van der Waals surface area contributed by atoms with E-state index in [1.807, 2.05) is 0 Å². The van der Waals surface area contributed by atoms with Crippen LogP contribution in [0.4, 0.5) is 0 Å². The van der Waals surface area contributed by atoms with Gasteiger partial charge >= 0.3 is 0 Å². The Balaban J connectivity index is 2.16. The lowest BCUT2D eigenvalue weighted by Gasteiger charge is -2.24. The van der Waals surface area contributed by atoms with Crippen molar-refractivity contribution < 1.29 is 4.74 Å². The van der Waals surface area contributed by atoms with Gasteiger partial charge in [0.1, 0.15) is 0 Å². The van der Waals surface area contributed by atoms with Crippen molar-refractivity contribution in [3.8, 4) is 0 Å². The zero-order chi connectivity index (χ0) is 14.1. The van der Waals surface area contributed by atoms with Crippen molar-refractivity contribution in [1.29, 1.82) is 0 Å². The van der Waals surface area contributed by atoms with Crippen molar-refractivity contribution in [2.45, 2.75) is 65.6 Å². The molecule has 0 saturated carbocycles. The van der Waals surface area contributed by atoms with Gasteiger partial charge in [-0.25, -0.2) is 0 Å². The molecule has 0 aliphatic carbocycles. The van der Waals surface area contributed by atoms with Crippen molar-refractivity contribution in [3.63, 3.8) is 0 Å². The molecule has 1 rings (SSSR count). The molecular weight excluding hydrogens is 236 g/mol. The van der Waals surface area contributed by atoms with Crippen LogP contribution in [-0.2, 0) is 4.74 Å². The first-order valence-corrected chi connectivity index (χ1v) is 8.24. The predicted octanol–water partition coefficient (Wildman–Crippen LogP) is 2.90. The first kappa shape index (κ1) is 16.9. The summed E-state index contributed by atoms with van der Waals surface area (Å²) in [6.45, 7) is 14.6. The Morgan fingerprint density at radius 2 is 1.95 bits per heavy atom. The van der Waals surface area contributed by atoms with Crippen LogP contribution in [0.1, 0.15) is 53.4 Å². The summed E-state index contributed by atoms with van der Waals surface area (Å²) in [6.07, 6.45) is 5.94. The van der Waals surface area contributed by atoms with Gasteiger partial charge in [0.2, 0.25) is 0 Å². The minimum atomic E-state index is 0.439. The van der Waals surface area contributed by atoms with E-state index in [1.54, 1.807) is 0 Å². The number of ether oxygens (including phenoxy) is 1. The highest BCUT2D eigenvalue weighted by atomic mass is 16.5. The Morgan fingerprint density at radius 3 is 2.58 bits per heavy atom. The predicted molar refractivity (Wildman–Crippen MR) is 82.6 cm³/mol. The van der Waals surface area contributed by atoms with E-state index in [4.69, 9.17) is 4.74 Å². The summed E-state index contributed by atoms with van der Waals surface area (Å²) in [6, 6.07) is 0. The van der Waals surface area contributed by atoms with Crippen LogP contribution in [0.15, 0.2) is 0 Å². The number of hydrogen-bond donors (Lipinski definition) is 1. The van der Waals surface area contributed by atoms with Crippen molar-refractivity contribution >= 4 is 0 Å². The average Bonchev–Trinajstić information content (AvgIpc) is 2.81. The van der Waals surface area contributed by atoms with E-state index in [0.29, 0.717) is 12.2 Å². The molecule has 0 aromatic heterocycles. The summed E-state index contributed by atoms with van der Waals surface area (Å²) in [7, 11) is 0. The fourth-order valence-electron chi connectivity index (χ4n) is 2.65.